The Labute approximate surface area is 785 Å². The lowest BCUT2D eigenvalue weighted by Gasteiger charge is -2.56. The average molecular weight is 1780 g/mol. The van der Waals surface area contributed by atoms with Crippen LogP contribution in [0.4, 0.5) is 53.5 Å². The van der Waals surface area contributed by atoms with Crippen LogP contribution in [0.2, 0.25) is 0 Å². The van der Waals surface area contributed by atoms with E-state index in [0.29, 0.717) is 17.8 Å². The van der Waals surface area contributed by atoms with E-state index in [0.717, 1.165) is 294 Å². The van der Waals surface area contributed by atoms with Gasteiger partial charge in [-0.05, 0) is 350 Å². The first-order valence-electron chi connectivity index (χ1n) is 52.1. The Bertz CT molecular complexity index is 3410. The molecule has 0 atom stereocenters. The second-order valence-electron chi connectivity index (χ2n) is 48.9. The maximum Gasteiger partial charge on any atom is 0.232 e. The molecule has 0 amide bonds. The number of likely N-dealkylation sites (tertiary alicyclic amines) is 6. The third kappa shape index (κ3) is 26.4. The number of hydrogen-bond acceptors (Lipinski definition) is 24. The zero-order chi connectivity index (χ0) is 94.9. The van der Waals surface area contributed by atoms with Crippen LogP contribution >= 0.6 is 0 Å². The van der Waals surface area contributed by atoms with Gasteiger partial charge in [0, 0.05) is 161 Å². The fourth-order valence-electron chi connectivity index (χ4n) is 24.2. The second kappa shape index (κ2) is 43.3. The monoisotopic (exact) mass is 1780 g/mol. The van der Waals surface area contributed by atoms with Crippen LogP contribution in [0.5, 0.6) is 0 Å². The first-order chi connectivity index (χ1) is 59.6. The van der Waals surface area contributed by atoms with Crippen molar-refractivity contribution in [1.29, 1.82) is 0 Å². The lowest BCUT2D eigenvalue weighted by molar-refractivity contribution is -0.0135. The number of unbranched alkanes of at least 4 members (excludes halogenated alkanes) is 10. The van der Waals surface area contributed by atoms with E-state index in [1.807, 2.05) is 0 Å². The first kappa shape index (κ1) is 107. The SMILES string of the molecule is CCCCN(c1nc(NCCCCCC(CCCCCNc2nc(N(CCCC)C3CC(C)(C)N(C)C(C)(C)C3)nc(N(CCCC)C3CC(C)(C)N(C)C(C)(C)C3)n2)Nc2nc(N(CCCC)C3CC(C)(C)N(C)C(C)(C)C3)nc(N(CCCC)C3CC(C)(C)N(C)C(C)(C)C3)n2)nc(N(CCCC)C2CC(C)(C)N(C)C(C)(C)C2)n1)C1CC(C)(C)N(C)C(C)(C)C1. The number of nitrogens with one attached hydrogen (secondary N) is 3. The van der Waals surface area contributed by atoms with Gasteiger partial charge in [-0.1, -0.05) is 106 Å². The minimum atomic E-state index is -0.0288. The predicted molar refractivity (Wildman–Crippen MR) is 548 cm³/mol. The summed E-state index contributed by atoms with van der Waals surface area (Å²) in [4.78, 5) is 82.4. The zero-order valence-corrected chi connectivity index (χ0v) is 89.7. The predicted octanol–water partition coefficient (Wildman–Crippen LogP) is 21.9. The molecule has 0 saturated carbocycles. The molecule has 0 spiro atoms. The van der Waals surface area contributed by atoms with Crippen molar-refractivity contribution in [1.82, 2.24) is 74.3 Å². The summed E-state index contributed by atoms with van der Waals surface area (Å²) >= 11 is 0. The summed E-state index contributed by atoms with van der Waals surface area (Å²) in [6.45, 7) is 79.3. The highest BCUT2D eigenvalue weighted by atomic mass is 15.4. The van der Waals surface area contributed by atoms with Crippen LogP contribution in [0.1, 0.15) is 413 Å². The van der Waals surface area contributed by atoms with Gasteiger partial charge in [0.25, 0.3) is 0 Å². The van der Waals surface area contributed by atoms with Gasteiger partial charge in [0.1, 0.15) is 0 Å². The quantitative estimate of drug-likeness (QED) is 0.0452. The fraction of sp³-hybridized carbons (Fsp3) is 0.913. The highest BCUT2D eigenvalue weighted by Gasteiger charge is 2.53. The molecule has 24 nitrogen and oxygen atoms in total. The molecule has 0 aromatic carbocycles. The maximum absolute atomic E-state index is 5.83. The summed E-state index contributed by atoms with van der Waals surface area (Å²) in [5.41, 5.74) is -0.151. The van der Waals surface area contributed by atoms with Crippen molar-refractivity contribution < 1.29 is 0 Å². The summed E-state index contributed by atoms with van der Waals surface area (Å²) in [5.74, 6) is 7.05. The van der Waals surface area contributed by atoms with E-state index < -0.39 is 0 Å². The number of piperidine rings is 6. The first-order valence-corrected chi connectivity index (χ1v) is 52.1. The van der Waals surface area contributed by atoms with Gasteiger partial charge in [0.05, 0.1) is 0 Å². The van der Waals surface area contributed by atoms with Crippen LogP contribution in [0.3, 0.4) is 0 Å². The Morgan fingerprint density at radius 1 is 0.234 bits per heavy atom. The summed E-state index contributed by atoms with van der Waals surface area (Å²) in [7, 11) is 14.0. The van der Waals surface area contributed by atoms with Gasteiger partial charge in [0.2, 0.25) is 53.5 Å². The third-order valence-electron chi connectivity index (χ3n) is 33.6. The molecule has 24 heteroatoms. The molecule has 3 aromatic heterocycles. The third-order valence-corrected chi connectivity index (χ3v) is 33.6. The Hall–Kier alpha value is -5.01. The number of aromatic nitrogens is 9. The van der Waals surface area contributed by atoms with Crippen molar-refractivity contribution in [2.45, 2.75) is 522 Å². The lowest BCUT2D eigenvalue weighted by Crippen LogP contribution is -2.63. The smallest absolute Gasteiger partial charge is 0.232 e. The molecule has 6 fully saturated rings. The normalized spacial score (nSPS) is 22.9. The molecular weight excluding hydrogens is 1590 g/mol. The van der Waals surface area contributed by atoms with E-state index in [1.165, 1.54) is 0 Å². The molecule has 0 radical (unpaired) electrons. The molecule has 6 aliphatic heterocycles. The number of anilines is 9. The van der Waals surface area contributed by atoms with Gasteiger partial charge >= 0.3 is 0 Å². The topological polar surface area (TPSA) is 191 Å². The summed E-state index contributed by atoms with van der Waals surface area (Å²) in [5, 5.41) is 12.1. The molecule has 9 heterocycles. The minimum absolute atomic E-state index is 0.00452. The summed E-state index contributed by atoms with van der Waals surface area (Å²) < 4.78 is 0. The molecule has 9 rings (SSSR count). The molecule has 0 aliphatic carbocycles. The van der Waals surface area contributed by atoms with Crippen molar-refractivity contribution in [2.75, 3.05) is 140 Å². The van der Waals surface area contributed by atoms with Gasteiger partial charge < -0.3 is 45.3 Å². The lowest BCUT2D eigenvalue weighted by atomic mass is 9.77. The van der Waals surface area contributed by atoms with Crippen molar-refractivity contribution in [3.63, 3.8) is 0 Å². The van der Waals surface area contributed by atoms with Crippen LogP contribution in [-0.4, -0.2) is 278 Å². The molecule has 128 heavy (non-hydrogen) atoms. The van der Waals surface area contributed by atoms with Gasteiger partial charge in [-0.3, -0.25) is 29.4 Å². The fourth-order valence-corrected chi connectivity index (χ4v) is 24.2. The van der Waals surface area contributed by atoms with Crippen LogP contribution in [0, 0.1) is 0 Å². The highest BCUT2D eigenvalue weighted by Crippen LogP contribution is 2.48. The standard InChI is InChI=1S/C104H198N24/c1-37-43-59-123(78-65-93(7,8)117(31)94(9,10)66-78)87-108-84(109-88(114-87)124(60-44-38-2)79-67-95(11,12)118(32)96(13,14)68-79)105-57-53-49-51-55-77(107-86-112-91(127(63-47-41-5)82-73-101(23,24)121(35)102(25,26)74-82)116-92(113-86)128(64-48-42-6)83-75-103(27,28)122(36)104(29,30)76-83)56-52-50-54-58-106-85-110-89(125(61-45-39-3)80-69-97(15,16)119(33)98(17,18)70-80)115-90(111-85)126(62-46-40-4)81-71-99(19,20)120(34)100(21,22)72-81/h77-83H,37-76H2,1-36H3,(H,105,108,109,114)(H,106,110,111,115)(H,107,112,113,116). The van der Waals surface area contributed by atoms with Crippen LogP contribution in [-0.2, 0) is 0 Å². The van der Waals surface area contributed by atoms with E-state index in [-0.39, 0.29) is 109 Å². The van der Waals surface area contributed by atoms with Crippen LogP contribution in [0.15, 0.2) is 0 Å². The zero-order valence-electron chi connectivity index (χ0n) is 89.7. The molecule has 3 N–H and O–H groups in total. The largest absolute Gasteiger partial charge is 0.354 e. The molecule has 0 unspecified atom stereocenters. The molecule has 6 aliphatic rings. The van der Waals surface area contributed by atoms with Crippen molar-refractivity contribution in [3.8, 4) is 0 Å². The number of rotatable bonds is 46. The van der Waals surface area contributed by atoms with Gasteiger partial charge in [0.15, 0.2) is 0 Å². The van der Waals surface area contributed by atoms with Crippen molar-refractivity contribution in [2.24, 2.45) is 0 Å². The van der Waals surface area contributed by atoms with E-state index in [1.54, 1.807) is 0 Å². The number of nitrogens with zero attached hydrogens (tertiary/aromatic N) is 21. The van der Waals surface area contributed by atoms with Gasteiger partial charge in [-0.15, -0.1) is 0 Å². The van der Waals surface area contributed by atoms with Gasteiger partial charge in [-0.25, -0.2) is 0 Å². The van der Waals surface area contributed by atoms with Gasteiger partial charge in [-0.2, -0.15) is 44.9 Å². The Morgan fingerprint density at radius 2 is 0.398 bits per heavy atom. The molecule has 3 aromatic rings. The minimum Gasteiger partial charge on any atom is -0.354 e. The summed E-state index contributed by atoms with van der Waals surface area (Å²) in [6, 6.07) is 1.70. The highest BCUT2D eigenvalue weighted by molar-refractivity contribution is 5.51. The van der Waals surface area contributed by atoms with Crippen LogP contribution < -0.4 is 45.3 Å². The molecular formula is C104H198N24. The molecule has 734 valence electrons. The average Bonchev–Trinajstić information content (AvgIpc) is 0.723. The van der Waals surface area contributed by atoms with Crippen LogP contribution in [0.25, 0.3) is 0 Å². The number of hydrogen-bond donors (Lipinski definition) is 3. The summed E-state index contributed by atoms with van der Waals surface area (Å²) in [6.07, 6.45) is 33.4. The van der Waals surface area contributed by atoms with E-state index in [2.05, 4.69) is 325 Å². The molecule has 6 saturated heterocycles. The Balaban J connectivity index is 1.07. The Kier molecular flexibility index (Phi) is 36.1. The van der Waals surface area contributed by atoms with E-state index in [9.17, 15) is 0 Å². The Morgan fingerprint density at radius 3 is 0.562 bits per heavy atom. The maximum atomic E-state index is 5.83. The second-order valence-corrected chi connectivity index (χ2v) is 48.9. The van der Waals surface area contributed by atoms with Crippen molar-refractivity contribution >= 4 is 53.5 Å². The van der Waals surface area contributed by atoms with E-state index >= 15 is 0 Å². The van der Waals surface area contributed by atoms with E-state index in [4.69, 9.17) is 44.9 Å². The van der Waals surface area contributed by atoms with Crippen molar-refractivity contribution in [3.05, 3.63) is 0 Å². The molecule has 0 bridgehead atoms.